The number of hydrogen-bond donors (Lipinski definition) is 2. The van der Waals surface area contributed by atoms with E-state index in [1.165, 1.54) is 6.20 Å². The van der Waals surface area contributed by atoms with E-state index >= 15 is 0 Å². The average Bonchev–Trinajstić information content (AvgIpc) is 3.13. The highest BCUT2D eigenvalue weighted by molar-refractivity contribution is 5.21. The van der Waals surface area contributed by atoms with Crippen molar-refractivity contribution in [2.24, 2.45) is 0 Å². The molecule has 0 saturated carbocycles. The number of rotatable bonds is 8. The molecule has 2 N–H and O–H groups in total. The van der Waals surface area contributed by atoms with Gasteiger partial charge in [0, 0.05) is 11.8 Å². The van der Waals surface area contributed by atoms with E-state index in [2.05, 4.69) is 10.9 Å². The van der Waals surface area contributed by atoms with Crippen LogP contribution in [0.4, 0.5) is 0 Å². The highest BCUT2D eigenvalue weighted by Crippen LogP contribution is 2.39. The third kappa shape index (κ3) is 4.88. The molecule has 1 aromatic heterocycles. The summed E-state index contributed by atoms with van der Waals surface area (Å²) in [4.78, 5) is 26.5. The minimum absolute atomic E-state index is 0.0809. The summed E-state index contributed by atoms with van der Waals surface area (Å²) in [7, 11) is 0. The van der Waals surface area contributed by atoms with Gasteiger partial charge in [-0.1, -0.05) is 66.6 Å². The number of aromatic amines is 1. The molecule has 2 heterocycles. The normalized spacial score (nSPS) is 24.1. The standard InChI is InChI=1S/C26H26N2O6/c1-3-26(17-32-15-19-10-6-4-7-11-19)22(33-16-20-12-8-5-9-13-20)21(29)24(34-26)28-14-18(2)23(30)27-25(28)31/h1,4-14,21-22,24,29H,15-17H2,2H3,(H,27,30,31)/t21-,22+,24-,26-/m1/s1. The van der Waals surface area contributed by atoms with Crippen LogP contribution in [0.2, 0.25) is 0 Å². The van der Waals surface area contributed by atoms with Crippen LogP contribution in [-0.2, 0) is 27.4 Å². The van der Waals surface area contributed by atoms with E-state index in [0.717, 1.165) is 15.7 Å². The maximum Gasteiger partial charge on any atom is 0.330 e. The minimum Gasteiger partial charge on any atom is -0.386 e. The van der Waals surface area contributed by atoms with Crippen molar-refractivity contribution in [3.8, 4) is 12.3 Å². The number of terminal acetylenes is 1. The largest absolute Gasteiger partial charge is 0.386 e. The summed E-state index contributed by atoms with van der Waals surface area (Å²) in [6, 6.07) is 19.0. The Kier molecular flexibility index (Phi) is 7.10. The molecule has 1 aliphatic heterocycles. The lowest BCUT2D eigenvalue weighted by atomic mass is 9.96. The van der Waals surface area contributed by atoms with Crippen molar-refractivity contribution in [3.05, 3.63) is 104 Å². The Morgan fingerprint density at radius 2 is 1.71 bits per heavy atom. The molecule has 0 spiro atoms. The van der Waals surface area contributed by atoms with E-state index in [1.54, 1.807) is 6.92 Å². The van der Waals surface area contributed by atoms with Crippen molar-refractivity contribution in [2.45, 2.75) is 44.2 Å². The van der Waals surface area contributed by atoms with E-state index in [4.69, 9.17) is 20.6 Å². The van der Waals surface area contributed by atoms with Crippen LogP contribution in [0.5, 0.6) is 0 Å². The van der Waals surface area contributed by atoms with Gasteiger partial charge in [0.1, 0.15) is 12.2 Å². The summed E-state index contributed by atoms with van der Waals surface area (Å²) in [5.41, 5.74) is -0.600. The van der Waals surface area contributed by atoms with Crippen LogP contribution in [0.3, 0.4) is 0 Å². The summed E-state index contributed by atoms with van der Waals surface area (Å²) in [6.45, 7) is 1.91. The van der Waals surface area contributed by atoms with Gasteiger partial charge in [0.2, 0.25) is 0 Å². The molecule has 4 atom stereocenters. The highest BCUT2D eigenvalue weighted by Gasteiger charge is 2.56. The molecule has 34 heavy (non-hydrogen) atoms. The fraction of sp³-hybridized carbons (Fsp3) is 0.308. The van der Waals surface area contributed by atoms with Crippen molar-refractivity contribution >= 4 is 0 Å². The van der Waals surface area contributed by atoms with Crippen LogP contribution in [-0.4, -0.2) is 39.1 Å². The maximum atomic E-state index is 12.5. The monoisotopic (exact) mass is 462 g/mol. The molecule has 176 valence electrons. The zero-order valence-corrected chi connectivity index (χ0v) is 18.7. The quantitative estimate of drug-likeness (QED) is 0.496. The van der Waals surface area contributed by atoms with E-state index in [1.807, 2.05) is 60.7 Å². The Bertz CT molecular complexity index is 1260. The van der Waals surface area contributed by atoms with Gasteiger partial charge in [-0.05, 0) is 18.1 Å². The summed E-state index contributed by atoms with van der Waals surface area (Å²) >= 11 is 0. The van der Waals surface area contributed by atoms with Crippen LogP contribution >= 0.6 is 0 Å². The first-order valence-electron chi connectivity index (χ1n) is 10.9. The lowest BCUT2D eigenvalue weighted by molar-refractivity contribution is -0.124. The lowest BCUT2D eigenvalue weighted by Gasteiger charge is -2.29. The Morgan fingerprint density at radius 1 is 1.09 bits per heavy atom. The third-order valence-electron chi connectivity index (χ3n) is 5.76. The second-order valence-electron chi connectivity index (χ2n) is 8.21. The summed E-state index contributed by atoms with van der Waals surface area (Å²) in [5, 5.41) is 11.2. The van der Waals surface area contributed by atoms with E-state index in [9.17, 15) is 14.7 Å². The number of H-pyrrole nitrogens is 1. The number of ether oxygens (including phenoxy) is 3. The van der Waals surface area contributed by atoms with Crippen molar-refractivity contribution in [1.82, 2.24) is 9.55 Å². The molecule has 2 aromatic carbocycles. The van der Waals surface area contributed by atoms with Crippen LogP contribution in [0.15, 0.2) is 76.4 Å². The van der Waals surface area contributed by atoms with Crippen LogP contribution in [0.25, 0.3) is 0 Å². The second kappa shape index (κ2) is 10.2. The zero-order valence-electron chi connectivity index (χ0n) is 18.7. The van der Waals surface area contributed by atoms with Gasteiger partial charge in [0.05, 0.1) is 19.8 Å². The number of aliphatic hydroxyl groups excluding tert-OH is 1. The first-order chi connectivity index (χ1) is 16.4. The predicted octanol–water partition coefficient (Wildman–Crippen LogP) is 1.91. The number of nitrogens with one attached hydrogen (secondary N) is 1. The molecule has 0 radical (unpaired) electrons. The van der Waals surface area contributed by atoms with E-state index in [0.29, 0.717) is 0 Å². The van der Waals surface area contributed by atoms with Gasteiger partial charge in [-0.25, -0.2) is 4.79 Å². The van der Waals surface area contributed by atoms with Crippen molar-refractivity contribution < 1.29 is 19.3 Å². The molecule has 1 saturated heterocycles. The summed E-state index contributed by atoms with van der Waals surface area (Å²) in [6.07, 6.45) is 3.76. The average molecular weight is 463 g/mol. The Hall–Kier alpha value is -3.48. The van der Waals surface area contributed by atoms with Crippen LogP contribution in [0.1, 0.15) is 22.9 Å². The molecule has 0 amide bonds. The first kappa shape index (κ1) is 23.7. The topological polar surface area (TPSA) is 103 Å². The van der Waals surface area contributed by atoms with Gasteiger partial charge < -0.3 is 19.3 Å². The molecule has 3 aromatic rings. The first-order valence-corrected chi connectivity index (χ1v) is 10.9. The molecular formula is C26H26N2O6. The molecular weight excluding hydrogens is 436 g/mol. The van der Waals surface area contributed by atoms with E-state index < -0.39 is 35.3 Å². The second-order valence-corrected chi connectivity index (χ2v) is 8.21. The number of nitrogens with zero attached hydrogens (tertiary/aromatic N) is 1. The third-order valence-corrected chi connectivity index (χ3v) is 5.76. The molecule has 4 rings (SSSR count). The van der Waals surface area contributed by atoms with Crippen molar-refractivity contribution in [1.29, 1.82) is 0 Å². The van der Waals surface area contributed by atoms with Crippen LogP contribution < -0.4 is 11.2 Å². The van der Waals surface area contributed by atoms with Gasteiger partial charge in [0.25, 0.3) is 5.56 Å². The Balaban J connectivity index is 1.62. The smallest absolute Gasteiger partial charge is 0.330 e. The molecule has 1 fully saturated rings. The van der Waals surface area contributed by atoms with Gasteiger partial charge in [-0.15, -0.1) is 6.42 Å². The fourth-order valence-electron chi connectivity index (χ4n) is 3.94. The SMILES string of the molecule is C#C[C@]1(COCc2ccccc2)O[C@@H](n2cc(C)c(=O)[nH]c2=O)[C@H](O)[C@@H]1OCc1ccccc1. The van der Waals surface area contributed by atoms with Crippen molar-refractivity contribution in [3.63, 3.8) is 0 Å². The molecule has 1 aliphatic rings. The minimum atomic E-state index is -1.48. The number of aromatic nitrogens is 2. The fourth-order valence-corrected chi connectivity index (χ4v) is 3.94. The summed E-state index contributed by atoms with van der Waals surface area (Å²) in [5.74, 6) is 2.61. The Labute approximate surface area is 196 Å². The maximum absolute atomic E-state index is 12.5. The molecule has 0 bridgehead atoms. The lowest BCUT2D eigenvalue weighted by Crippen LogP contribution is -2.47. The van der Waals surface area contributed by atoms with Gasteiger partial charge in [-0.3, -0.25) is 14.3 Å². The Morgan fingerprint density at radius 3 is 2.32 bits per heavy atom. The van der Waals surface area contributed by atoms with E-state index in [-0.39, 0.29) is 25.4 Å². The molecule has 8 heteroatoms. The predicted molar refractivity (Wildman–Crippen MR) is 125 cm³/mol. The zero-order chi connectivity index (χ0) is 24.1. The number of benzene rings is 2. The number of aryl methyl sites for hydroxylation is 1. The van der Waals surface area contributed by atoms with Gasteiger partial charge in [0.15, 0.2) is 11.8 Å². The van der Waals surface area contributed by atoms with Gasteiger partial charge >= 0.3 is 5.69 Å². The van der Waals surface area contributed by atoms with Crippen molar-refractivity contribution in [2.75, 3.05) is 6.61 Å². The summed E-state index contributed by atoms with van der Waals surface area (Å²) < 4.78 is 19.2. The number of hydrogen-bond acceptors (Lipinski definition) is 6. The number of aliphatic hydroxyl groups is 1. The highest BCUT2D eigenvalue weighted by atomic mass is 16.6. The van der Waals surface area contributed by atoms with Gasteiger partial charge in [-0.2, -0.15) is 0 Å². The molecule has 0 aliphatic carbocycles. The molecule has 0 unspecified atom stereocenters. The van der Waals surface area contributed by atoms with Crippen LogP contribution in [0, 0.1) is 19.3 Å². The molecule has 8 nitrogen and oxygen atoms in total.